The molecule has 2 aromatic carbocycles. The van der Waals surface area contributed by atoms with Gasteiger partial charge in [0, 0.05) is 13.1 Å². The average molecular weight is 583 g/mol. The fourth-order valence-corrected chi connectivity index (χ4v) is 4.52. The molecule has 0 spiro atoms. The van der Waals surface area contributed by atoms with Gasteiger partial charge in [-0.2, -0.15) is 0 Å². The van der Waals surface area contributed by atoms with E-state index >= 15 is 0 Å². The molecule has 4 N–H and O–H groups in total. The van der Waals surface area contributed by atoms with E-state index in [0.29, 0.717) is 56.2 Å². The highest BCUT2D eigenvalue weighted by Crippen LogP contribution is 2.28. The van der Waals surface area contributed by atoms with E-state index in [9.17, 15) is 19.2 Å². The highest BCUT2D eigenvalue weighted by atomic mass is 16.5. The van der Waals surface area contributed by atoms with Crippen molar-refractivity contribution >= 4 is 23.6 Å². The van der Waals surface area contributed by atoms with E-state index in [1.807, 2.05) is 39.0 Å². The van der Waals surface area contributed by atoms with Crippen LogP contribution >= 0.6 is 0 Å². The molecule has 0 aromatic heterocycles. The molecule has 2 atom stereocenters. The molecule has 11 nitrogen and oxygen atoms in total. The molecule has 0 fully saturated rings. The predicted molar refractivity (Wildman–Crippen MR) is 158 cm³/mol. The Balaban J connectivity index is 1.71. The first-order chi connectivity index (χ1) is 20.2. The molecular weight excluding hydrogens is 540 g/mol. The molecule has 0 aliphatic carbocycles. The van der Waals surface area contributed by atoms with Gasteiger partial charge in [-0.05, 0) is 61.9 Å². The summed E-state index contributed by atoms with van der Waals surface area (Å²) >= 11 is 0. The summed E-state index contributed by atoms with van der Waals surface area (Å²) in [6.07, 6.45) is 1.45. The Morgan fingerprint density at radius 1 is 1.10 bits per heavy atom. The molecule has 1 heterocycles. The first-order valence-corrected chi connectivity index (χ1v) is 14.4. The lowest BCUT2D eigenvalue weighted by atomic mass is 10.0. The van der Waals surface area contributed by atoms with Gasteiger partial charge < -0.3 is 35.5 Å². The van der Waals surface area contributed by atoms with Crippen LogP contribution in [0, 0.1) is 5.92 Å². The molecule has 228 valence electrons. The molecule has 0 saturated carbocycles. The van der Waals surface area contributed by atoms with Crippen LogP contribution in [0.2, 0.25) is 0 Å². The number of hydrogen-bond acceptors (Lipinski definition) is 7. The van der Waals surface area contributed by atoms with Crippen LogP contribution in [0.25, 0.3) is 0 Å². The van der Waals surface area contributed by atoms with Gasteiger partial charge in [-0.3, -0.25) is 19.2 Å². The predicted octanol–water partition coefficient (Wildman–Crippen LogP) is 2.37. The van der Waals surface area contributed by atoms with E-state index in [1.54, 1.807) is 31.4 Å². The number of nitrogens with one attached hydrogen (secondary N) is 4. The van der Waals surface area contributed by atoms with Crippen LogP contribution in [-0.4, -0.2) is 69.1 Å². The minimum atomic E-state index is -1.17. The van der Waals surface area contributed by atoms with E-state index in [2.05, 4.69) is 21.3 Å². The van der Waals surface area contributed by atoms with Crippen molar-refractivity contribution in [1.82, 2.24) is 21.3 Å². The van der Waals surface area contributed by atoms with Gasteiger partial charge in [0.1, 0.15) is 17.8 Å². The van der Waals surface area contributed by atoms with Crippen LogP contribution in [0.4, 0.5) is 0 Å². The SMILES string of the molecule is CCOc1ccc(CCCNC(=O)[C@@H]2CC(=O)N[C@@H](C(C)C)C(=O)NCCCOc3ccccc3C(=O)N2)cc1OC. The van der Waals surface area contributed by atoms with Crippen LogP contribution in [0.3, 0.4) is 0 Å². The van der Waals surface area contributed by atoms with E-state index in [-0.39, 0.29) is 30.4 Å². The van der Waals surface area contributed by atoms with Crippen molar-refractivity contribution in [3.05, 3.63) is 53.6 Å². The lowest BCUT2D eigenvalue weighted by Gasteiger charge is -2.23. The number of aryl methyl sites for hydroxylation is 1. The summed E-state index contributed by atoms with van der Waals surface area (Å²) in [7, 11) is 1.58. The van der Waals surface area contributed by atoms with Crippen LogP contribution in [0.15, 0.2) is 42.5 Å². The third-order valence-corrected chi connectivity index (χ3v) is 6.76. The largest absolute Gasteiger partial charge is 0.493 e. The third-order valence-electron chi connectivity index (χ3n) is 6.76. The van der Waals surface area contributed by atoms with Crippen molar-refractivity contribution in [2.24, 2.45) is 5.92 Å². The fraction of sp³-hybridized carbons (Fsp3) is 0.484. The Kier molecular flexibility index (Phi) is 12.5. The maximum atomic E-state index is 13.3. The van der Waals surface area contributed by atoms with Crippen LogP contribution in [0.5, 0.6) is 17.2 Å². The summed E-state index contributed by atoms with van der Waals surface area (Å²) in [5.41, 5.74) is 1.26. The molecule has 0 bridgehead atoms. The van der Waals surface area contributed by atoms with Gasteiger partial charge >= 0.3 is 0 Å². The number of benzene rings is 2. The normalized spacial score (nSPS) is 18.3. The minimum absolute atomic E-state index is 0.187. The van der Waals surface area contributed by atoms with Gasteiger partial charge in [-0.15, -0.1) is 0 Å². The molecule has 4 amide bonds. The van der Waals surface area contributed by atoms with Crippen LogP contribution in [0.1, 0.15) is 56.0 Å². The standard InChI is InChI=1S/C31H42N4O7/c1-5-41-25-14-13-21(18-26(25)40-4)10-8-15-32-30(38)23-19-27(36)35-28(20(2)3)31(39)33-16-9-17-42-24-12-7-6-11-22(24)29(37)34-23/h6-7,11-14,18,20,23,28H,5,8-10,15-17,19H2,1-4H3,(H,32,38)(H,33,39)(H,34,37)(H,35,36)/t23-,28-/m0/s1. The monoisotopic (exact) mass is 582 g/mol. The van der Waals surface area contributed by atoms with Gasteiger partial charge in [0.25, 0.3) is 5.91 Å². The Morgan fingerprint density at radius 3 is 2.62 bits per heavy atom. The van der Waals surface area contributed by atoms with Gasteiger partial charge in [0.15, 0.2) is 11.5 Å². The Labute approximate surface area is 247 Å². The van der Waals surface area contributed by atoms with Crippen molar-refractivity contribution in [1.29, 1.82) is 0 Å². The topological polar surface area (TPSA) is 144 Å². The van der Waals surface area contributed by atoms with Crippen molar-refractivity contribution in [3.8, 4) is 17.2 Å². The zero-order chi connectivity index (χ0) is 30.5. The highest BCUT2D eigenvalue weighted by Gasteiger charge is 2.29. The number of para-hydroxylation sites is 1. The zero-order valence-electron chi connectivity index (χ0n) is 24.8. The minimum Gasteiger partial charge on any atom is -0.493 e. The molecule has 42 heavy (non-hydrogen) atoms. The number of amides is 4. The molecule has 1 aliphatic heterocycles. The Hall–Kier alpha value is -4.28. The van der Waals surface area contributed by atoms with E-state index in [1.165, 1.54) is 0 Å². The zero-order valence-corrected chi connectivity index (χ0v) is 24.8. The molecule has 1 aliphatic rings. The fourth-order valence-electron chi connectivity index (χ4n) is 4.52. The first-order valence-electron chi connectivity index (χ1n) is 14.4. The summed E-state index contributed by atoms with van der Waals surface area (Å²) in [6.45, 7) is 7.02. The Morgan fingerprint density at radius 2 is 1.88 bits per heavy atom. The molecule has 0 radical (unpaired) electrons. The lowest BCUT2D eigenvalue weighted by Crippen LogP contribution is -2.53. The molecular formula is C31H42N4O7. The number of hydrogen-bond donors (Lipinski definition) is 4. The summed E-state index contributed by atoms with van der Waals surface area (Å²) in [6, 6.07) is 10.4. The molecule has 2 aromatic rings. The van der Waals surface area contributed by atoms with Crippen molar-refractivity contribution in [2.45, 2.75) is 58.5 Å². The van der Waals surface area contributed by atoms with Gasteiger partial charge in [0.2, 0.25) is 17.7 Å². The second-order valence-corrected chi connectivity index (χ2v) is 10.3. The molecule has 3 rings (SSSR count). The van der Waals surface area contributed by atoms with Crippen molar-refractivity contribution < 1.29 is 33.4 Å². The van der Waals surface area contributed by atoms with Crippen LogP contribution in [-0.2, 0) is 20.8 Å². The maximum absolute atomic E-state index is 13.3. The van der Waals surface area contributed by atoms with Crippen LogP contribution < -0.4 is 35.5 Å². The number of ether oxygens (including phenoxy) is 3. The quantitative estimate of drug-likeness (QED) is 0.332. The van der Waals surface area contributed by atoms with E-state index in [4.69, 9.17) is 14.2 Å². The number of fused-ring (bicyclic) bond motifs is 1. The van der Waals surface area contributed by atoms with E-state index < -0.39 is 29.8 Å². The van der Waals surface area contributed by atoms with Crippen molar-refractivity contribution in [2.75, 3.05) is 33.4 Å². The molecule has 0 unspecified atom stereocenters. The third kappa shape index (κ3) is 9.39. The molecule has 0 saturated heterocycles. The summed E-state index contributed by atoms with van der Waals surface area (Å²) < 4.78 is 16.8. The summed E-state index contributed by atoms with van der Waals surface area (Å²) in [5.74, 6) is -0.408. The summed E-state index contributed by atoms with van der Waals surface area (Å²) in [4.78, 5) is 52.3. The number of carbonyl (C=O) groups is 4. The maximum Gasteiger partial charge on any atom is 0.255 e. The Bertz CT molecular complexity index is 1230. The van der Waals surface area contributed by atoms with Crippen molar-refractivity contribution in [3.63, 3.8) is 0 Å². The highest BCUT2D eigenvalue weighted by molar-refractivity contribution is 6.01. The average Bonchev–Trinajstić information content (AvgIpc) is 2.97. The second kappa shape index (κ2) is 16.2. The van der Waals surface area contributed by atoms with E-state index in [0.717, 1.165) is 5.56 Å². The van der Waals surface area contributed by atoms with Gasteiger partial charge in [-0.25, -0.2) is 0 Å². The first kappa shape index (κ1) is 32.2. The molecule has 11 heteroatoms. The lowest BCUT2D eigenvalue weighted by molar-refractivity contribution is -0.131. The smallest absolute Gasteiger partial charge is 0.255 e. The second-order valence-electron chi connectivity index (χ2n) is 10.3. The van der Waals surface area contributed by atoms with Gasteiger partial charge in [0.05, 0.1) is 32.3 Å². The summed E-state index contributed by atoms with van der Waals surface area (Å²) in [5, 5.41) is 11.1. The number of methoxy groups -OCH3 is 1. The number of carbonyl (C=O) groups excluding carboxylic acids is 4. The van der Waals surface area contributed by atoms with Gasteiger partial charge in [-0.1, -0.05) is 32.0 Å². The number of rotatable bonds is 9.